The number of aliphatic carboxylic acids is 1. The zero-order valence-corrected chi connectivity index (χ0v) is 14.4. The van der Waals surface area contributed by atoms with Gasteiger partial charge in [0.05, 0.1) is 24.6 Å². The number of amides is 2. The van der Waals surface area contributed by atoms with E-state index in [1.807, 2.05) is 0 Å². The third kappa shape index (κ3) is 3.72. The van der Waals surface area contributed by atoms with Crippen LogP contribution >= 0.6 is 0 Å². The van der Waals surface area contributed by atoms with Crippen LogP contribution in [0.4, 0.5) is 5.69 Å². The van der Waals surface area contributed by atoms with Crippen molar-refractivity contribution in [2.24, 2.45) is 0 Å². The highest BCUT2D eigenvalue weighted by Crippen LogP contribution is 2.26. The molecule has 3 rings (SSSR count). The Bertz CT molecular complexity index is 665. The molecule has 2 amide bonds. The van der Waals surface area contributed by atoms with Gasteiger partial charge in [-0.25, -0.2) is 4.90 Å². The number of anilines is 1. The van der Waals surface area contributed by atoms with Crippen molar-refractivity contribution >= 4 is 23.5 Å². The van der Waals surface area contributed by atoms with E-state index in [1.165, 1.54) is 4.90 Å². The van der Waals surface area contributed by atoms with Gasteiger partial charge >= 0.3 is 5.97 Å². The third-order valence-electron chi connectivity index (χ3n) is 4.97. The number of benzene rings is 1. The number of carboxylic acids is 1. The van der Waals surface area contributed by atoms with Gasteiger partial charge in [0.15, 0.2) is 0 Å². The van der Waals surface area contributed by atoms with Crippen molar-refractivity contribution in [3.8, 4) is 0 Å². The van der Waals surface area contributed by atoms with E-state index in [-0.39, 0.29) is 30.7 Å². The highest BCUT2D eigenvalue weighted by Gasteiger charge is 2.43. The zero-order valence-electron chi connectivity index (χ0n) is 14.4. The van der Waals surface area contributed by atoms with Crippen LogP contribution in [-0.2, 0) is 20.8 Å². The van der Waals surface area contributed by atoms with E-state index >= 15 is 0 Å². The molecule has 1 aromatic rings. The molecule has 1 unspecified atom stereocenters. The van der Waals surface area contributed by atoms with Crippen molar-refractivity contribution in [3.05, 3.63) is 29.8 Å². The fourth-order valence-corrected chi connectivity index (χ4v) is 3.50. The van der Waals surface area contributed by atoms with Crippen molar-refractivity contribution in [1.29, 1.82) is 0 Å². The van der Waals surface area contributed by atoms with Crippen LogP contribution in [0.2, 0.25) is 0 Å². The Morgan fingerprint density at radius 3 is 2.32 bits per heavy atom. The van der Waals surface area contributed by atoms with Crippen LogP contribution in [0.5, 0.6) is 0 Å². The lowest BCUT2D eigenvalue weighted by molar-refractivity contribution is -0.136. The van der Waals surface area contributed by atoms with Gasteiger partial charge < -0.3 is 10.0 Å². The summed E-state index contributed by atoms with van der Waals surface area (Å²) in [5.74, 6) is -1.29. The molecule has 1 aromatic carbocycles. The van der Waals surface area contributed by atoms with Gasteiger partial charge in [0.1, 0.15) is 0 Å². The summed E-state index contributed by atoms with van der Waals surface area (Å²) in [6.07, 6.45) is 0.133. The number of hydrogen-bond donors (Lipinski definition) is 1. The van der Waals surface area contributed by atoms with Gasteiger partial charge in [-0.2, -0.15) is 0 Å². The zero-order chi connectivity index (χ0) is 18.0. The first-order valence-corrected chi connectivity index (χ1v) is 8.63. The number of likely N-dealkylation sites (N-methyl/N-ethyl adjacent to an activating group) is 1. The molecule has 0 saturated carbocycles. The van der Waals surface area contributed by atoms with Crippen molar-refractivity contribution in [2.75, 3.05) is 37.6 Å². The van der Waals surface area contributed by atoms with Gasteiger partial charge in [-0.1, -0.05) is 19.1 Å². The van der Waals surface area contributed by atoms with Crippen LogP contribution in [0, 0.1) is 0 Å². The fraction of sp³-hybridized carbons (Fsp3) is 0.500. The largest absolute Gasteiger partial charge is 0.481 e. The minimum atomic E-state index is -0.910. The fourth-order valence-electron chi connectivity index (χ4n) is 3.50. The number of nitrogens with zero attached hydrogens (tertiary/aromatic N) is 3. The summed E-state index contributed by atoms with van der Waals surface area (Å²) in [5.41, 5.74) is 1.15. The van der Waals surface area contributed by atoms with E-state index in [1.54, 1.807) is 24.3 Å². The first kappa shape index (κ1) is 17.6. The smallest absolute Gasteiger partial charge is 0.307 e. The predicted molar refractivity (Wildman–Crippen MR) is 92.4 cm³/mol. The quantitative estimate of drug-likeness (QED) is 0.787. The Labute approximate surface area is 146 Å². The maximum Gasteiger partial charge on any atom is 0.307 e. The predicted octanol–water partition coefficient (Wildman–Crippen LogP) is 0.583. The summed E-state index contributed by atoms with van der Waals surface area (Å²) in [6.45, 7) is 6.54. The summed E-state index contributed by atoms with van der Waals surface area (Å²) >= 11 is 0. The number of imide groups is 1. The molecule has 7 heteroatoms. The Kier molecular flexibility index (Phi) is 5.15. The second-order valence-corrected chi connectivity index (χ2v) is 6.49. The summed E-state index contributed by atoms with van der Waals surface area (Å²) in [6, 6.07) is 6.20. The SMILES string of the molecule is CCN1CCN(C2CC(=O)N(c3ccc(CC(=O)O)cc3)C2=O)CC1. The van der Waals surface area contributed by atoms with Gasteiger partial charge in [-0.15, -0.1) is 0 Å². The topological polar surface area (TPSA) is 81.2 Å². The van der Waals surface area contributed by atoms with Crippen LogP contribution in [0.3, 0.4) is 0 Å². The number of carbonyl (C=O) groups excluding carboxylic acids is 2. The van der Waals surface area contributed by atoms with E-state index in [2.05, 4.69) is 16.7 Å². The molecular formula is C18H23N3O4. The molecule has 0 aliphatic carbocycles. The van der Waals surface area contributed by atoms with Gasteiger partial charge in [0, 0.05) is 26.2 Å². The van der Waals surface area contributed by atoms with Crippen LogP contribution in [-0.4, -0.2) is 71.5 Å². The van der Waals surface area contributed by atoms with E-state index < -0.39 is 5.97 Å². The number of carboxylic acid groups (broad SMARTS) is 1. The highest BCUT2D eigenvalue weighted by atomic mass is 16.4. The second-order valence-electron chi connectivity index (χ2n) is 6.49. The number of hydrogen-bond acceptors (Lipinski definition) is 5. The van der Waals surface area contributed by atoms with Crippen LogP contribution in [0.1, 0.15) is 18.9 Å². The minimum absolute atomic E-state index is 0.0769. The molecule has 2 heterocycles. The average Bonchev–Trinajstić information content (AvgIpc) is 2.90. The molecule has 1 atom stereocenters. The Morgan fingerprint density at radius 2 is 1.76 bits per heavy atom. The van der Waals surface area contributed by atoms with Gasteiger partial charge in [0.2, 0.25) is 5.91 Å². The highest BCUT2D eigenvalue weighted by molar-refractivity contribution is 6.22. The lowest BCUT2D eigenvalue weighted by Crippen LogP contribution is -2.52. The maximum atomic E-state index is 12.8. The Balaban J connectivity index is 1.70. The van der Waals surface area contributed by atoms with E-state index in [0.29, 0.717) is 11.3 Å². The first-order chi connectivity index (χ1) is 12.0. The van der Waals surface area contributed by atoms with E-state index in [4.69, 9.17) is 5.11 Å². The second kappa shape index (κ2) is 7.33. The first-order valence-electron chi connectivity index (χ1n) is 8.63. The van der Waals surface area contributed by atoms with Gasteiger partial charge in [0.25, 0.3) is 5.91 Å². The molecule has 25 heavy (non-hydrogen) atoms. The molecule has 2 fully saturated rings. The van der Waals surface area contributed by atoms with Gasteiger partial charge in [-0.05, 0) is 24.2 Å². The van der Waals surface area contributed by atoms with Crippen LogP contribution in [0.15, 0.2) is 24.3 Å². The number of rotatable bonds is 5. The molecular weight excluding hydrogens is 322 g/mol. The average molecular weight is 345 g/mol. The standard InChI is InChI=1S/C18H23N3O4/c1-2-19-7-9-20(10-8-19)15-12-16(22)21(18(15)25)14-5-3-13(4-6-14)11-17(23)24/h3-6,15H,2,7-12H2,1H3,(H,23,24). The Morgan fingerprint density at radius 1 is 1.12 bits per heavy atom. The molecule has 0 aromatic heterocycles. The lowest BCUT2D eigenvalue weighted by atomic mass is 10.1. The van der Waals surface area contributed by atoms with Crippen molar-refractivity contribution in [3.63, 3.8) is 0 Å². The summed E-state index contributed by atoms with van der Waals surface area (Å²) in [5, 5.41) is 8.82. The molecule has 7 nitrogen and oxygen atoms in total. The van der Waals surface area contributed by atoms with Crippen LogP contribution in [0.25, 0.3) is 0 Å². The van der Waals surface area contributed by atoms with E-state index in [9.17, 15) is 14.4 Å². The molecule has 0 radical (unpaired) electrons. The van der Waals surface area contributed by atoms with Gasteiger partial charge in [-0.3, -0.25) is 19.3 Å². The minimum Gasteiger partial charge on any atom is -0.481 e. The third-order valence-corrected chi connectivity index (χ3v) is 4.97. The molecule has 2 aliphatic rings. The maximum absolute atomic E-state index is 12.8. The molecule has 0 bridgehead atoms. The normalized spacial score (nSPS) is 22.6. The summed E-state index contributed by atoms with van der Waals surface area (Å²) < 4.78 is 0. The Hall–Kier alpha value is -2.25. The monoisotopic (exact) mass is 345 g/mol. The van der Waals surface area contributed by atoms with Crippen LogP contribution < -0.4 is 4.90 Å². The number of piperazine rings is 1. The van der Waals surface area contributed by atoms with Crippen molar-refractivity contribution in [1.82, 2.24) is 9.80 Å². The summed E-state index contributed by atoms with van der Waals surface area (Å²) in [4.78, 5) is 41.6. The molecule has 1 N–H and O–H groups in total. The number of carbonyl (C=O) groups is 3. The molecule has 2 saturated heterocycles. The van der Waals surface area contributed by atoms with Crippen molar-refractivity contribution < 1.29 is 19.5 Å². The molecule has 134 valence electrons. The summed E-state index contributed by atoms with van der Waals surface area (Å²) in [7, 11) is 0. The van der Waals surface area contributed by atoms with Crippen molar-refractivity contribution in [2.45, 2.75) is 25.8 Å². The molecule has 0 spiro atoms. The lowest BCUT2D eigenvalue weighted by Gasteiger charge is -2.36. The molecule has 2 aliphatic heterocycles. The van der Waals surface area contributed by atoms with E-state index in [0.717, 1.165) is 32.7 Å².